The molecule has 1 fully saturated rings. The largest absolute Gasteiger partial charge is 0.465 e. The Labute approximate surface area is 118 Å². The van der Waals surface area contributed by atoms with Crippen LogP contribution in [0.25, 0.3) is 0 Å². The molecular weight excluding hydrogens is 260 g/mol. The predicted octanol–water partition coefficient (Wildman–Crippen LogP) is 1.95. The lowest BCUT2D eigenvalue weighted by atomic mass is 10.1. The third-order valence-electron chi connectivity index (χ3n) is 3.62. The normalized spacial score (nSPS) is 22.2. The quantitative estimate of drug-likeness (QED) is 0.857. The van der Waals surface area contributed by atoms with E-state index >= 15 is 0 Å². The van der Waals surface area contributed by atoms with Crippen molar-refractivity contribution in [2.45, 2.75) is 32.9 Å². The summed E-state index contributed by atoms with van der Waals surface area (Å²) < 4.78 is 5.19. The van der Waals surface area contributed by atoms with Crippen LogP contribution in [-0.2, 0) is 9.53 Å². The minimum absolute atomic E-state index is 0.115. The van der Waals surface area contributed by atoms with Gasteiger partial charge in [0.25, 0.3) is 0 Å². The number of carbonyl (C=O) groups excluding carboxylic acids is 1. The molecule has 0 amide bonds. The molecule has 2 atom stereocenters. The molecule has 2 heterocycles. The number of piperazine rings is 1. The van der Waals surface area contributed by atoms with Crippen LogP contribution in [0.15, 0.2) is 11.4 Å². The lowest BCUT2D eigenvalue weighted by molar-refractivity contribution is -0.151. The second-order valence-electron chi connectivity index (χ2n) is 4.85. The van der Waals surface area contributed by atoms with E-state index in [1.165, 1.54) is 10.4 Å². The third kappa shape index (κ3) is 3.16. The highest BCUT2D eigenvalue weighted by molar-refractivity contribution is 7.10. The molecule has 19 heavy (non-hydrogen) atoms. The number of ether oxygens (including phenoxy) is 1. The van der Waals surface area contributed by atoms with E-state index in [1.807, 2.05) is 6.92 Å². The molecule has 0 bridgehead atoms. The first-order valence-corrected chi connectivity index (χ1v) is 7.70. The van der Waals surface area contributed by atoms with E-state index in [-0.39, 0.29) is 18.1 Å². The second-order valence-corrected chi connectivity index (χ2v) is 5.80. The summed E-state index contributed by atoms with van der Waals surface area (Å²) in [4.78, 5) is 15.7. The van der Waals surface area contributed by atoms with E-state index in [1.54, 1.807) is 11.3 Å². The fourth-order valence-electron chi connectivity index (χ4n) is 2.60. The van der Waals surface area contributed by atoms with Crippen LogP contribution in [0.3, 0.4) is 0 Å². The number of nitrogens with one attached hydrogen (secondary N) is 1. The van der Waals surface area contributed by atoms with E-state index in [0.29, 0.717) is 13.2 Å². The van der Waals surface area contributed by atoms with Crippen LogP contribution in [0.4, 0.5) is 0 Å². The summed E-state index contributed by atoms with van der Waals surface area (Å²) in [5.74, 6) is -0.115. The molecule has 106 valence electrons. The zero-order valence-electron chi connectivity index (χ0n) is 11.8. The zero-order chi connectivity index (χ0) is 13.8. The van der Waals surface area contributed by atoms with Crippen molar-refractivity contribution < 1.29 is 9.53 Å². The van der Waals surface area contributed by atoms with Gasteiger partial charge in [-0.05, 0) is 37.8 Å². The average molecular weight is 282 g/mol. The smallest absolute Gasteiger partial charge is 0.324 e. The predicted molar refractivity (Wildman–Crippen MR) is 77.5 cm³/mol. The highest BCUT2D eigenvalue weighted by Crippen LogP contribution is 2.30. The SMILES string of the molecule is CCOC(=O)C1CNCCN1C(C)c1sccc1C. The van der Waals surface area contributed by atoms with Crippen LogP contribution < -0.4 is 5.32 Å². The first-order valence-electron chi connectivity index (χ1n) is 6.82. The van der Waals surface area contributed by atoms with Gasteiger partial charge in [0.05, 0.1) is 6.61 Å². The van der Waals surface area contributed by atoms with Gasteiger partial charge in [-0.1, -0.05) is 0 Å². The molecular formula is C14H22N2O2S. The number of rotatable bonds is 4. The topological polar surface area (TPSA) is 41.6 Å². The van der Waals surface area contributed by atoms with Crippen LogP contribution in [0, 0.1) is 6.92 Å². The molecule has 1 N–H and O–H groups in total. The molecule has 0 radical (unpaired) electrons. The number of hydrogen-bond acceptors (Lipinski definition) is 5. The molecule has 1 aromatic rings. The Morgan fingerprint density at radius 1 is 1.68 bits per heavy atom. The maximum absolute atomic E-state index is 12.1. The summed E-state index contributed by atoms with van der Waals surface area (Å²) in [6, 6.07) is 2.22. The molecule has 0 aliphatic carbocycles. The van der Waals surface area contributed by atoms with Crippen LogP contribution in [0.5, 0.6) is 0 Å². The van der Waals surface area contributed by atoms with Gasteiger partial charge in [-0.15, -0.1) is 11.3 Å². The van der Waals surface area contributed by atoms with Crippen LogP contribution in [0.2, 0.25) is 0 Å². The maximum atomic E-state index is 12.1. The number of aryl methyl sites for hydroxylation is 1. The van der Waals surface area contributed by atoms with Gasteiger partial charge in [0, 0.05) is 30.6 Å². The van der Waals surface area contributed by atoms with Gasteiger partial charge in [0.1, 0.15) is 6.04 Å². The second kappa shape index (κ2) is 6.50. The number of esters is 1. The summed E-state index contributed by atoms with van der Waals surface area (Å²) >= 11 is 1.76. The lowest BCUT2D eigenvalue weighted by Gasteiger charge is -2.38. The molecule has 2 rings (SSSR count). The van der Waals surface area contributed by atoms with Gasteiger partial charge >= 0.3 is 5.97 Å². The van der Waals surface area contributed by atoms with Gasteiger partial charge in [-0.2, -0.15) is 0 Å². The van der Waals surface area contributed by atoms with Crippen molar-refractivity contribution >= 4 is 17.3 Å². The van der Waals surface area contributed by atoms with Crippen molar-refractivity contribution in [3.05, 3.63) is 21.9 Å². The van der Waals surface area contributed by atoms with E-state index in [0.717, 1.165) is 13.1 Å². The standard InChI is InChI=1S/C14H22N2O2S/c1-4-18-14(17)12-9-15-6-7-16(12)11(3)13-10(2)5-8-19-13/h5,8,11-12,15H,4,6-7,9H2,1-3H3. The van der Waals surface area contributed by atoms with Gasteiger partial charge in [-0.25, -0.2) is 0 Å². The first kappa shape index (κ1) is 14.5. The zero-order valence-corrected chi connectivity index (χ0v) is 12.6. The third-order valence-corrected chi connectivity index (χ3v) is 4.81. The van der Waals surface area contributed by atoms with E-state index < -0.39 is 0 Å². The first-order chi connectivity index (χ1) is 9.15. The van der Waals surface area contributed by atoms with Crippen molar-refractivity contribution in [1.82, 2.24) is 10.2 Å². The van der Waals surface area contributed by atoms with Gasteiger partial charge in [0.2, 0.25) is 0 Å². The fourth-order valence-corrected chi connectivity index (χ4v) is 3.61. The van der Waals surface area contributed by atoms with Gasteiger partial charge in [0.15, 0.2) is 0 Å². The maximum Gasteiger partial charge on any atom is 0.324 e. The Morgan fingerprint density at radius 2 is 2.47 bits per heavy atom. The van der Waals surface area contributed by atoms with Crippen LogP contribution in [-0.4, -0.2) is 43.2 Å². The number of hydrogen-bond donors (Lipinski definition) is 1. The Hall–Kier alpha value is -0.910. The fraction of sp³-hybridized carbons (Fsp3) is 0.643. The Morgan fingerprint density at radius 3 is 3.11 bits per heavy atom. The number of carbonyl (C=O) groups is 1. The molecule has 1 aromatic heterocycles. The van der Waals surface area contributed by atoms with Crippen molar-refractivity contribution in [3.8, 4) is 0 Å². The Bertz CT molecular complexity index is 433. The molecule has 1 aliphatic rings. The summed E-state index contributed by atoms with van der Waals surface area (Å²) in [6.45, 7) is 9.07. The molecule has 0 saturated carbocycles. The summed E-state index contributed by atoms with van der Waals surface area (Å²) in [5, 5.41) is 5.39. The minimum Gasteiger partial charge on any atom is -0.465 e. The minimum atomic E-state index is -0.176. The van der Waals surface area contributed by atoms with Gasteiger partial charge in [-0.3, -0.25) is 9.69 Å². The lowest BCUT2D eigenvalue weighted by Crippen LogP contribution is -2.55. The molecule has 1 aliphatic heterocycles. The number of nitrogens with zero attached hydrogens (tertiary/aromatic N) is 1. The molecule has 2 unspecified atom stereocenters. The van der Waals surface area contributed by atoms with Crippen molar-refractivity contribution in [3.63, 3.8) is 0 Å². The highest BCUT2D eigenvalue weighted by atomic mass is 32.1. The Kier molecular flexibility index (Phi) is 4.96. The van der Waals surface area contributed by atoms with Crippen molar-refractivity contribution in [2.75, 3.05) is 26.2 Å². The number of thiophene rings is 1. The van der Waals surface area contributed by atoms with E-state index in [9.17, 15) is 4.79 Å². The van der Waals surface area contributed by atoms with E-state index in [2.05, 4.69) is 35.5 Å². The molecule has 1 saturated heterocycles. The monoisotopic (exact) mass is 282 g/mol. The molecule has 5 heteroatoms. The summed E-state index contributed by atoms with van der Waals surface area (Å²) in [5.41, 5.74) is 1.30. The highest BCUT2D eigenvalue weighted by Gasteiger charge is 2.34. The molecule has 0 spiro atoms. The summed E-state index contributed by atoms with van der Waals surface area (Å²) in [6.07, 6.45) is 0. The van der Waals surface area contributed by atoms with Crippen LogP contribution in [0.1, 0.15) is 30.3 Å². The van der Waals surface area contributed by atoms with Crippen molar-refractivity contribution in [2.24, 2.45) is 0 Å². The molecule has 4 nitrogen and oxygen atoms in total. The summed E-state index contributed by atoms with van der Waals surface area (Å²) in [7, 11) is 0. The molecule has 0 aromatic carbocycles. The van der Waals surface area contributed by atoms with Crippen molar-refractivity contribution in [1.29, 1.82) is 0 Å². The van der Waals surface area contributed by atoms with E-state index in [4.69, 9.17) is 4.74 Å². The Balaban J connectivity index is 2.15. The van der Waals surface area contributed by atoms with Crippen LogP contribution >= 0.6 is 11.3 Å². The average Bonchev–Trinajstić information content (AvgIpc) is 2.84. The van der Waals surface area contributed by atoms with Gasteiger partial charge < -0.3 is 10.1 Å².